The largest absolute Gasteiger partial charge is 0.367 e. The molecule has 0 amide bonds. The van der Waals surface area contributed by atoms with Gasteiger partial charge in [0.1, 0.15) is 0 Å². The van der Waals surface area contributed by atoms with E-state index in [9.17, 15) is 0 Å². The van der Waals surface area contributed by atoms with Gasteiger partial charge >= 0.3 is 0 Å². The average molecular weight is 222 g/mol. The molecule has 1 saturated heterocycles. The van der Waals surface area contributed by atoms with Crippen LogP contribution in [-0.2, 0) is 4.74 Å². The van der Waals surface area contributed by atoms with Gasteiger partial charge in [-0.1, -0.05) is 32.1 Å². The zero-order valence-corrected chi connectivity index (χ0v) is 11.3. The predicted octanol–water partition coefficient (Wildman–Crippen LogP) is 4.35. The fourth-order valence-corrected chi connectivity index (χ4v) is 2.51. The van der Waals surface area contributed by atoms with Crippen molar-refractivity contribution in [1.82, 2.24) is 0 Å². The van der Waals surface area contributed by atoms with E-state index in [0.29, 0.717) is 17.9 Å². The Kier molecular flexibility index (Phi) is 4.37. The smallest absolute Gasteiger partial charge is 0.0836 e. The van der Waals surface area contributed by atoms with Crippen molar-refractivity contribution in [3.63, 3.8) is 0 Å². The molecule has 1 fully saturated rings. The molecule has 3 atom stereocenters. The molecule has 0 aromatic carbocycles. The Labute approximate surface area is 101 Å². The summed E-state index contributed by atoms with van der Waals surface area (Å²) in [6.07, 6.45) is 5.61. The van der Waals surface area contributed by atoms with E-state index in [2.05, 4.69) is 40.9 Å². The zero-order chi connectivity index (χ0) is 12.3. The van der Waals surface area contributed by atoms with Crippen LogP contribution in [0.3, 0.4) is 0 Å². The maximum atomic E-state index is 6.23. The lowest BCUT2D eigenvalue weighted by Crippen LogP contribution is -2.42. The van der Waals surface area contributed by atoms with E-state index in [4.69, 9.17) is 4.74 Å². The van der Waals surface area contributed by atoms with Gasteiger partial charge in [0.15, 0.2) is 0 Å². The molecule has 1 aliphatic heterocycles. The van der Waals surface area contributed by atoms with Gasteiger partial charge in [0.25, 0.3) is 0 Å². The Balaban J connectivity index is 2.76. The molecule has 92 valence electrons. The Hall–Kier alpha value is -0.560. The van der Waals surface area contributed by atoms with Gasteiger partial charge in [-0.2, -0.15) is 0 Å². The standard InChI is InChI=1S/C15H26O/c1-7-15(6)9-8-13(12(4)5)14(16-15)10-11(2)3/h7,11,13-14H,1,4,8-10H2,2-3,5-6H3/t13-,14-,15+/m0/s1. The minimum absolute atomic E-state index is 0.133. The third kappa shape index (κ3) is 3.21. The summed E-state index contributed by atoms with van der Waals surface area (Å²) in [6.45, 7) is 16.8. The molecule has 0 aliphatic carbocycles. The highest BCUT2D eigenvalue weighted by atomic mass is 16.5. The Morgan fingerprint density at radius 1 is 1.56 bits per heavy atom. The summed E-state index contributed by atoms with van der Waals surface area (Å²) >= 11 is 0. The van der Waals surface area contributed by atoms with E-state index in [1.54, 1.807) is 0 Å². The molecule has 1 aliphatic rings. The molecule has 1 rings (SSSR count). The van der Waals surface area contributed by atoms with Crippen LogP contribution in [0.5, 0.6) is 0 Å². The lowest BCUT2D eigenvalue weighted by atomic mass is 9.80. The number of rotatable bonds is 4. The second-order valence-electron chi connectivity index (χ2n) is 5.79. The van der Waals surface area contributed by atoms with Gasteiger partial charge in [0.2, 0.25) is 0 Å². The fourth-order valence-electron chi connectivity index (χ4n) is 2.51. The molecule has 0 radical (unpaired) electrons. The topological polar surface area (TPSA) is 9.23 Å². The van der Waals surface area contributed by atoms with Crippen molar-refractivity contribution in [3.05, 3.63) is 24.8 Å². The monoisotopic (exact) mass is 222 g/mol. The summed E-state index contributed by atoms with van der Waals surface area (Å²) in [7, 11) is 0. The van der Waals surface area contributed by atoms with Crippen LogP contribution in [0.15, 0.2) is 24.8 Å². The molecule has 0 saturated carbocycles. The second-order valence-corrected chi connectivity index (χ2v) is 5.79. The van der Waals surface area contributed by atoms with E-state index in [1.807, 2.05) is 6.08 Å². The van der Waals surface area contributed by atoms with Crippen molar-refractivity contribution in [2.24, 2.45) is 11.8 Å². The average Bonchev–Trinajstić information content (AvgIpc) is 2.16. The van der Waals surface area contributed by atoms with Crippen LogP contribution in [0.4, 0.5) is 0 Å². The van der Waals surface area contributed by atoms with E-state index in [-0.39, 0.29) is 5.60 Å². The molecule has 0 aromatic heterocycles. The molecule has 16 heavy (non-hydrogen) atoms. The van der Waals surface area contributed by atoms with Crippen molar-refractivity contribution in [2.45, 2.75) is 58.7 Å². The number of ether oxygens (including phenoxy) is 1. The number of hydrogen-bond acceptors (Lipinski definition) is 1. The lowest BCUT2D eigenvalue weighted by Gasteiger charge is -2.42. The van der Waals surface area contributed by atoms with Crippen LogP contribution >= 0.6 is 0 Å². The van der Waals surface area contributed by atoms with Crippen LogP contribution < -0.4 is 0 Å². The predicted molar refractivity (Wildman–Crippen MR) is 70.5 cm³/mol. The highest BCUT2D eigenvalue weighted by Crippen LogP contribution is 2.38. The molecule has 0 bridgehead atoms. The van der Waals surface area contributed by atoms with E-state index in [0.717, 1.165) is 12.8 Å². The molecule has 1 heteroatoms. The fraction of sp³-hybridized carbons (Fsp3) is 0.733. The Morgan fingerprint density at radius 2 is 2.19 bits per heavy atom. The summed E-state index contributed by atoms with van der Waals surface area (Å²) in [5.41, 5.74) is 1.13. The van der Waals surface area contributed by atoms with Gasteiger partial charge in [-0.25, -0.2) is 0 Å². The second kappa shape index (κ2) is 5.18. The summed E-state index contributed by atoms with van der Waals surface area (Å²) in [6, 6.07) is 0. The molecule has 0 N–H and O–H groups in total. The highest BCUT2D eigenvalue weighted by molar-refractivity contribution is 5.07. The zero-order valence-electron chi connectivity index (χ0n) is 11.3. The Bertz CT molecular complexity index is 267. The first-order valence-corrected chi connectivity index (χ1v) is 6.35. The molecular formula is C15H26O. The third-order valence-corrected chi connectivity index (χ3v) is 3.59. The van der Waals surface area contributed by atoms with Crippen LogP contribution in [0.2, 0.25) is 0 Å². The van der Waals surface area contributed by atoms with Crippen LogP contribution in [0.25, 0.3) is 0 Å². The van der Waals surface area contributed by atoms with Crippen molar-refractivity contribution in [3.8, 4) is 0 Å². The van der Waals surface area contributed by atoms with Crippen LogP contribution in [0.1, 0.15) is 47.0 Å². The normalized spacial score (nSPS) is 35.1. The quantitative estimate of drug-likeness (QED) is 0.643. The van der Waals surface area contributed by atoms with Gasteiger partial charge < -0.3 is 4.74 Å². The molecule has 0 unspecified atom stereocenters. The molecule has 1 nitrogen and oxygen atoms in total. The molecular weight excluding hydrogens is 196 g/mol. The SMILES string of the molecule is C=C[C@]1(C)CC[C@@H](C(=C)C)[C@H](CC(C)C)O1. The van der Waals surface area contributed by atoms with Gasteiger partial charge in [-0.3, -0.25) is 0 Å². The molecule has 0 aromatic rings. The van der Waals surface area contributed by atoms with E-state index >= 15 is 0 Å². The Morgan fingerprint density at radius 3 is 2.62 bits per heavy atom. The highest BCUT2D eigenvalue weighted by Gasteiger charge is 2.36. The van der Waals surface area contributed by atoms with Gasteiger partial charge in [0.05, 0.1) is 11.7 Å². The van der Waals surface area contributed by atoms with E-state index < -0.39 is 0 Å². The van der Waals surface area contributed by atoms with Gasteiger partial charge in [0, 0.05) is 5.92 Å². The summed E-state index contributed by atoms with van der Waals surface area (Å²) in [5.74, 6) is 1.19. The van der Waals surface area contributed by atoms with Crippen molar-refractivity contribution < 1.29 is 4.74 Å². The first-order chi connectivity index (χ1) is 7.38. The first kappa shape index (κ1) is 13.5. The van der Waals surface area contributed by atoms with Crippen molar-refractivity contribution in [1.29, 1.82) is 0 Å². The summed E-state index contributed by atoms with van der Waals surface area (Å²) < 4.78 is 6.23. The maximum Gasteiger partial charge on any atom is 0.0836 e. The van der Waals surface area contributed by atoms with Crippen molar-refractivity contribution >= 4 is 0 Å². The van der Waals surface area contributed by atoms with Crippen LogP contribution in [0, 0.1) is 11.8 Å². The van der Waals surface area contributed by atoms with Crippen molar-refractivity contribution in [2.75, 3.05) is 0 Å². The third-order valence-electron chi connectivity index (χ3n) is 3.59. The lowest BCUT2D eigenvalue weighted by molar-refractivity contribution is -0.116. The molecule has 0 spiro atoms. The number of hydrogen-bond donors (Lipinski definition) is 0. The first-order valence-electron chi connectivity index (χ1n) is 6.35. The minimum Gasteiger partial charge on any atom is -0.367 e. The van der Waals surface area contributed by atoms with Gasteiger partial charge in [-0.15, -0.1) is 6.58 Å². The van der Waals surface area contributed by atoms with Crippen LogP contribution in [-0.4, -0.2) is 11.7 Å². The van der Waals surface area contributed by atoms with Gasteiger partial charge in [-0.05, 0) is 39.0 Å². The maximum absolute atomic E-state index is 6.23. The van der Waals surface area contributed by atoms with E-state index in [1.165, 1.54) is 12.0 Å². The molecule has 1 heterocycles. The minimum atomic E-state index is -0.133. The summed E-state index contributed by atoms with van der Waals surface area (Å²) in [4.78, 5) is 0. The summed E-state index contributed by atoms with van der Waals surface area (Å²) in [5, 5.41) is 0.